The second kappa shape index (κ2) is 4.32. The first-order valence-corrected chi connectivity index (χ1v) is 6.61. The summed E-state index contributed by atoms with van der Waals surface area (Å²) >= 11 is 0. The number of nitrogens with two attached hydrogens (primary N) is 1. The number of carbonyl (C=O) groups is 1. The van der Waals surface area contributed by atoms with E-state index in [4.69, 9.17) is 5.73 Å². The first-order valence-electron chi connectivity index (χ1n) is 6.61. The van der Waals surface area contributed by atoms with Crippen LogP contribution in [0.3, 0.4) is 0 Å². The van der Waals surface area contributed by atoms with Crippen LogP contribution in [0, 0.1) is 0 Å². The smallest absolute Gasteiger partial charge is 0.333 e. The topological polar surface area (TPSA) is 110 Å². The standard InChI is InChI=1S/C15H11N5O2/c16-9-2-4-11-13(6-9)20(15(22)19-11)14(21)8-1-3-10-12(5-8)18-7-17-10/h1-7H,16H2,(H,17,18)(H,19,22). The van der Waals surface area contributed by atoms with Crippen LogP contribution in [0.4, 0.5) is 5.69 Å². The fourth-order valence-corrected chi connectivity index (χ4v) is 2.52. The number of imidazole rings is 2. The molecular weight excluding hydrogens is 282 g/mol. The number of hydrogen-bond acceptors (Lipinski definition) is 4. The Hall–Kier alpha value is -3.35. The third-order valence-electron chi connectivity index (χ3n) is 3.58. The van der Waals surface area contributed by atoms with Crippen LogP contribution in [0.5, 0.6) is 0 Å². The van der Waals surface area contributed by atoms with Crippen molar-refractivity contribution in [1.29, 1.82) is 0 Å². The molecule has 108 valence electrons. The third-order valence-corrected chi connectivity index (χ3v) is 3.58. The van der Waals surface area contributed by atoms with Gasteiger partial charge in [-0.2, -0.15) is 0 Å². The van der Waals surface area contributed by atoms with Crippen molar-refractivity contribution in [3.05, 3.63) is 58.8 Å². The number of anilines is 1. The Bertz CT molecular complexity index is 1090. The summed E-state index contributed by atoms with van der Waals surface area (Å²) in [4.78, 5) is 34.5. The lowest BCUT2D eigenvalue weighted by Crippen LogP contribution is -2.24. The number of H-pyrrole nitrogens is 2. The molecule has 7 nitrogen and oxygen atoms in total. The van der Waals surface area contributed by atoms with E-state index in [2.05, 4.69) is 15.0 Å². The summed E-state index contributed by atoms with van der Waals surface area (Å²) in [6.45, 7) is 0. The van der Waals surface area contributed by atoms with Gasteiger partial charge in [0.1, 0.15) is 0 Å². The molecule has 0 spiro atoms. The molecule has 0 fully saturated rings. The number of aromatic nitrogens is 4. The van der Waals surface area contributed by atoms with E-state index in [1.807, 2.05) is 0 Å². The highest BCUT2D eigenvalue weighted by molar-refractivity contribution is 6.03. The van der Waals surface area contributed by atoms with Crippen molar-refractivity contribution in [3.63, 3.8) is 0 Å². The molecule has 0 bridgehead atoms. The lowest BCUT2D eigenvalue weighted by molar-refractivity contribution is 0.0961. The highest BCUT2D eigenvalue weighted by Gasteiger charge is 2.16. The molecular formula is C15H11N5O2. The molecule has 0 saturated carbocycles. The van der Waals surface area contributed by atoms with Crippen LogP contribution in [0.25, 0.3) is 22.1 Å². The molecule has 4 rings (SSSR count). The minimum absolute atomic E-state index is 0.391. The summed E-state index contributed by atoms with van der Waals surface area (Å²) in [5.74, 6) is -0.418. The Morgan fingerprint density at radius 1 is 1.14 bits per heavy atom. The zero-order valence-electron chi connectivity index (χ0n) is 11.3. The van der Waals surface area contributed by atoms with Crippen molar-refractivity contribution >= 4 is 33.7 Å². The second-order valence-electron chi connectivity index (χ2n) is 4.98. The van der Waals surface area contributed by atoms with Gasteiger partial charge in [-0.25, -0.2) is 14.3 Å². The molecule has 7 heteroatoms. The summed E-state index contributed by atoms with van der Waals surface area (Å²) in [5.41, 5.74) is 8.65. The normalized spacial score (nSPS) is 11.3. The van der Waals surface area contributed by atoms with Gasteiger partial charge in [-0.3, -0.25) is 4.79 Å². The molecule has 4 aromatic rings. The molecule has 0 amide bonds. The van der Waals surface area contributed by atoms with Gasteiger partial charge in [-0.05, 0) is 36.4 Å². The molecule has 4 N–H and O–H groups in total. The fraction of sp³-hybridized carbons (Fsp3) is 0. The van der Waals surface area contributed by atoms with Crippen molar-refractivity contribution in [2.75, 3.05) is 5.73 Å². The van der Waals surface area contributed by atoms with Crippen molar-refractivity contribution in [1.82, 2.24) is 19.5 Å². The van der Waals surface area contributed by atoms with E-state index >= 15 is 0 Å². The quantitative estimate of drug-likeness (QED) is 0.462. The second-order valence-corrected chi connectivity index (χ2v) is 4.98. The van der Waals surface area contributed by atoms with Crippen LogP contribution in [-0.4, -0.2) is 25.4 Å². The number of fused-ring (bicyclic) bond motifs is 2. The summed E-state index contributed by atoms with van der Waals surface area (Å²) in [7, 11) is 0. The number of aromatic amines is 2. The van der Waals surface area contributed by atoms with Crippen LogP contribution in [-0.2, 0) is 0 Å². The van der Waals surface area contributed by atoms with Crippen molar-refractivity contribution in [2.45, 2.75) is 0 Å². The van der Waals surface area contributed by atoms with E-state index in [0.717, 1.165) is 15.6 Å². The summed E-state index contributed by atoms with van der Waals surface area (Å²) in [5, 5.41) is 0. The average molecular weight is 293 g/mol. The fourth-order valence-electron chi connectivity index (χ4n) is 2.52. The monoisotopic (exact) mass is 293 g/mol. The molecule has 0 saturated heterocycles. The SMILES string of the molecule is Nc1ccc2[nH]c(=O)n(C(=O)c3ccc4nc[nH]c4c3)c2c1. The first kappa shape index (κ1) is 12.4. The van der Waals surface area contributed by atoms with Crippen LogP contribution in [0.15, 0.2) is 47.5 Å². The number of hydrogen-bond donors (Lipinski definition) is 3. The van der Waals surface area contributed by atoms with Gasteiger partial charge in [0.25, 0.3) is 5.91 Å². The van der Waals surface area contributed by atoms with Crippen LogP contribution < -0.4 is 11.4 Å². The zero-order chi connectivity index (χ0) is 15.3. The Kier molecular flexibility index (Phi) is 2.43. The van der Waals surface area contributed by atoms with Gasteiger partial charge in [-0.15, -0.1) is 0 Å². The molecule has 0 unspecified atom stereocenters. The van der Waals surface area contributed by atoms with Gasteiger partial charge < -0.3 is 15.7 Å². The Balaban J connectivity index is 1.93. The van der Waals surface area contributed by atoms with E-state index in [1.54, 1.807) is 42.7 Å². The number of nitrogens with one attached hydrogen (secondary N) is 2. The molecule has 0 aliphatic carbocycles. The van der Waals surface area contributed by atoms with Gasteiger partial charge in [0.05, 0.1) is 28.4 Å². The van der Waals surface area contributed by atoms with Gasteiger partial charge in [0.2, 0.25) is 0 Å². The van der Waals surface area contributed by atoms with E-state index in [9.17, 15) is 9.59 Å². The van der Waals surface area contributed by atoms with E-state index in [-0.39, 0.29) is 0 Å². The molecule has 2 aromatic carbocycles. The average Bonchev–Trinajstić information content (AvgIpc) is 3.08. The zero-order valence-corrected chi connectivity index (χ0v) is 11.3. The highest BCUT2D eigenvalue weighted by atomic mass is 16.2. The van der Waals surface area contributed by atoms with Crippen LogP contribution in [0.2, 0.25) is 0 Å². The van der Waals surface area contributed by atoms with E-state index in [1.165, 1.54) is 0 Å². The number of nitrogens with zero attached hydrogens (tertiary/aromatic N) is 2. The van der Waals surface area contributed by atoms with Gasteiger partial charge in [-0.1, -0.05) is 0 Å². The molecule has 0 atom stereocenters. The lowest BCUT2D eigenvalue weighted by atomic mass is 10.2. The molecule has 0 aliphatic rings. The van der Waals surface area contributed by atoms with Crippen molar-refractivity contribution in [2.24, 2.45) is 0 Å². The van der Waals surface area contributed by atoms with Crippen LogP contribution >= 0.6 is 0 Å². The molecule has 2 heterocycles. The van der Waals surface area contributed by atoms with Crippen molar-refractivity contribution in [3.8, 4) is 0 Å². The van der Waals surface area contributed by atoms with E-state index in [0.29, 0.717) is 22.3 Å². The molecule has 0 aliphatic heterocycles. The first-order chi connectivity index (χ1) is 10.6. The number of rotatable bonds is 1. The predicted octanol–water partition coefficient (Wildman–Crippen LogP) is 1.48. The van der Waals surface area contributed by atoms with Gasteiger partial charge >= 0.3 is 5.69 Å². The molecule has 22 heavy (non-hydrogen) atoms. The Morgan fingerprint density at radius 2 is 2.00 bits per heavy atom. The summed E-state index contributed by atoms with van der Waals surface area (Å²) in [6, 6.07) is 9.98. The molecule has 0 radical (unpaired) electrons. The minimum atomic E-state index is -0.490. The van der Waals surface area contributed by atoms with Gasteiger partial charge in [0.15, 0.2) is 0 Å². The summed E-state index contributed by atoms with van der Waals surface area (Å²) < 4.78 is 1.09. The number of nitrogen functional groups attached to an aromatic ring is 1. The maximum atomic E-state index is 12.7. The number of carbonyl (C=O) groups excluding carboxylic acids is 1. The predicted molar refractivity (Wildman–Crippen MR) is 82.8 cm³/mol. The Labute approximate surface area is 123 Å². The van der Waals surface area contributed by atoms with Gasteiger partial charge in [0, 0.05) is 11.3 Å². The Morgan fingerprint density at radius 3 is 2.86 bits per heavy atom. The largest absolute Gasteiger partial charge is 0.399 e. The maximum Gasteiger partial charge on any atom is 0.333 e. The lowest BCUT2D eigenvalue weighted by Gasteiger charge is -2.03. The van der Waals surface area contributed by atoms with E-state index < -0.39 is 11.6 Å². The number of benzene rings is 2. The van der Waals surface area contributed by atoms with Crippen LogP contribution in [0.1, 0.15) is 10.4 Å². The molecule has 2 aromatic heterocycles. The van der Waals surface area contributed by atoms with Crippen molar-refractivity contribution < 1.29 is 4.79 Å². The minimum Gasteiger partial charge on any atom is -0.399 e. The highest BCUT2D eigenvalue weighted by Crippen LogP contribution is 2.17. The maximum absolute atomic E-state index is 12.7. The third kappa shape index (κ3) is 1.72. The summed E-state index contributed by atoms with van der Waals surface area (Å²) in [6.07, 6.45) is 1.55.